The fraction of sp³-hybridized carbons (Fsp3) is 0.385. The molecule has 1 heterocycles. The van der Waals surface area contributed by atoms with Gasteiger partial charge in [-0.25, -0.2) is 4.79 Å². The molecule has 19 heavy (non-hydrogen) atoms. The Morgan fingerprint density at radius 1 is 1.37 bits per heavy atom. The monoisotopic (exact) mass is 264 g/mol. The summed E-state index contributed by atoms with van der Waals surface area (Å²) in [7, 11) is 0. The number of benzene rings is 1. The second-order valence-corrected chi connectivity index (χ2v) is 4.75. The first-order valence-corrected chi connectivity index (χ1v) is 5.96. The van der Waals surface area contributed by atoms with E-state index < -0.39 is 23.5 Å². The Balaban J connectivity index is 1.97. The lowest BCUT2D eigenvalue weighted by Gasteiger charge is -2.25. The number of hydrogen-bond acceptors (Lipinski definition) is 3. The average molecular weight is 264 g/mol. The van der Waals surface area contributed by atoms with E-state index >= 15 is 0 Å². The summed E-state index contributed by atoms with van der Waals surface area (Å²) in [5.41, 5.74) is -0.440. The van der Waals surface area contributed by atoms with E-state index in [1.54, 1.807) is 31.2 Å². The Bertz CT molecular complexity index is 477. The van der Waals surface area contributed by atoms with Crippen molar-refractivity contribution in [3.63, 3.8) is 0 Å². The van der Waals surface area contributed by atoms with Crippen LogP contribution in [-0.2, 0) is 9.53 Å². The van der Waals surface area contributed by atoms with Gasteiger partial charge in [0.2, 0.25) is 0 Å². The fourth-order valence-electron chi connectivity index (χ4n) is 1.93. The van der Waals surface area contributed by atoms with Gasteiger partial charge in [-0.3, -0.25) is 4.79 Å². The molecule has 1 aliphatic heterocycles. The van der Waals surface area contributed by atoms with Gasteiger partial charge >= 0.3 is 12.0 Å². The molecule has 2 unspecified atom stereocenters. The number of hydrogen-bond donors (Lipinski definition) is 3. The number of carbonyl (C=O) groups excluding carboxylic acids is 1. The van der Waals surface area contributed by atoms with Crippen LogP contribution in [0.2, 0.25) is 0 Å². The van der Waals surface area contributed by atoms with Gasteiger partial charge in [-0.1, -0.05) is 18.2 Å². The molecule has 1 aromatic rings. The Morgan fingerprint density at radius 2 is 2.05 bits per heavy atom. The minimum Gasteiger partial charge on any atom is -0.481 e. The number of ether oxygens (including phenoxy) is 1. The van der Waals surface area contributed by atoms with Crippen LogP contribution in [0.1, 0.15) is 6.92 Å². The van der Waals surface area contributed by atoms with Crippen LogP contribution in [0.25, 0.3) is 0 Å². The molecule has 2 amide bonds. The molecule has 0 aliphatic carbocycles. The van der Waals surface area contributed by atoms with Crippen molar-refractivity contribution in [1.82, 2.24) is 5.32 Å². The maximum Gasteiger partial charge on any atom is 0.319 e. The van der Waals surface area contributed by atoms with Crippen LogP contribution < -0.4 is 10.6 Å². The van der Waals surface area contributed by atoms with Crippen molar-refractivity contribution in [1.29, 1.82) is 0 Å². The quantitative estimate of drug-likeness (QED) is 0.767. The van der Waals surface area contributed by atoms with Crippen LogP contribution >= 0.6 is 0 Å². The molecule has 0 radical (unpaired) electrons. The van der Waals surface area contributed by atoms with Gasteiger partial charge in [0, 0.05) is 5.69 Å². The van der Waals surface area contributed by atoms with Gasteiger partial charge in [-0.05, 0) is 19.1 Å². The number of carbonyl (C=O) groups is 2. The molecule has 0 bridgehead atoms. The van der Waals surface area contributed by atoms with Crippen LogP contribution in [0.15, 0.2) is 30.3 Å². The zero-order valence-corrected chi connectivity index (χ0v) is 10.6. The predicted octanol–water partition coefficient (Wildman–Crippen LogP) is 1.30. The molecule has 0 aromatic heterocycles. The average Bonchev–Trinajstić information content (AvgIpc) is 2.73. The Hall–Kier alpha value is -2.08. The first-order valence-electron chi connectivity index (χ1n) is 5.96. The smallest absolute Gasteiger partial charge is 0.319 e. The van der Waals surface area contributed by atoms with Gasteiger partial charge in [-0.2, -0.15) is 0 Å². The van der Waals surface area contributed by atoms with Gasteiger partial charge in [0.1, 0.15) is 5.41 Å². The van der Waals surface area contributed by atoms with Crippen molar-refractivity contribution >= 4 is 17.7 Å². The van der Waals surface area contributed by atoms with E-state index in [1.165, 1.54) is 0 Å². The summed E-state index contributed by atoms with van der Waals surface area (Å²) in [5.74, 6) is -0.977. The minimum absolute atomic E-state index is 0.0959. The normalized spacial score (nSPS) is 25.8. The van der Waals surface area contributed by atoms with Crippen molar-refractivity contribution in [2.75, 3.05) is 18.5 Å². The lowest BCUT2D eigenvalue weighted by molar-refractivity contribution is -0.148. The molecule has 0 saturated carbocycles. The van der Waals surface area contributed by atoms with Crippen molar-refractivity contribution in [3.8, 4) is 0 Å². The lowest BCUT2D eigenvalue weighted by Crippen LogP contribution is -2.50. The third-order valence-corrected chi connectivity index (χ3v) is 3.28. The summed E-state index contributed by atoms with van der Waals surface area (Å²) >= 11 is 0. The molecule has 1 aliphatic rings. The summed E-state index contributed by atoms with van der Waals surface area (Å²) in [6, 6.07) is 7.96. The number of carboxylic acids is 1. The number of carboxylic acid groups (broad SMARTS) is 1. The van der Waals surface area contributed by atoms with Crippen LogP contribution in [0.4, 0.5) is 10.5 Å². The molecule has 102 valence electrons. The van der Waals surface area contributed by atoms with Gasteiger partial charge in [0.15, 0.2) is 0 Å². The summed E-state index contributed by atoms with van der Waals surface area (Å²) in [5, 5.41) is 14.5. The summed E-state index contributed by atoms with van der Waals surface area (Å²) in [4.78, 5) is 23.0. The van der Waals surface area contributed by atoms with E-state index in [0.717, 1.165) is 0 Å². The minimum atomic E-state index is -1.09. The summed E-state index contributed by atoms with van der Waals surface area (Å²) in [6.07, 6.45) is 0. The third kappa shape index (κ3) is 2.85. The molecule has 6 nitrogen and oxygen atoms in total. The number of para-hydroxylation sites is 1. The second kappa shape index (κ2) is 5.27. The highest BCUT2D eigenvalue weighted by molar-refractivity contribution is 5.90. The van der Waals surface area contributed by atoms with E-state index in [4.69, 9.17) is 4.74 Å². The Kier molecular flexibility index (Phi) is 3.71. The number of rotatable bonds is 3. The largest absolute Gasteiger partial charge is 0.481 e. The zero-order valence-electron chi connectivity index (χ0n) is 10.6. The van der Waals surface area contributed by atoms with E-state index in [9.17, 15) is 14.7 Å². The van der Waals surface area contributed by atoms with Crippen molar-refractivity contribution in [2.24, 2.45) is 5.41 Å². The second-order valence-electron chi connectivity index (χ2n) is 4.75. The number of anilines is 1. The van der Waals surface area contributed by atoms with Crippen molar-refractivity contribution in [2.45, 2.75) is 13.0 Å². The van der Waals surface area contributed by atoms with Gasteiger partial charge in [-0.15, -0.1) is 0 Å². The maximum absolute atomic E-state index is 11.8. The van der Waals surface area contributed by atoms with Crippen LogP contribution in [0.3, 0.4) is 0 Å². The van der Waals surface area contributed by atoms with Gasteiger partial charge in [0.25, 0.3) is 0 Å². The highest BCUT2D eigenvalue weighted by atomic mass is 16.5. The van der Waals surface area contributed by atoms with Crippen LogP contribution in [0, 0.1) is 5.41 Å². The van der Waals surface area contributed by atoms with Crippen molar-refractivity contribution < 1.29 is 19.4 Å². The SMILES string of the molecule is CC1(C(=O)O)COCC1NC(=O)Nc1ccccc1. The molecule has 1 saturated heterocycles. The number of amides is 2. The number of urea groups is 1. The zero-order chi connectivity index (χ0) is 13.9. The summed E-state index contributed by atoms with van der Waals surface area (Å²) < 4.78 is 5.16. The molecular formula is C13H16N2O4. The number of nitrogens with one attached hydrogen (secondary N) is 2. The van der Waals surface area contributed by atoms with Crippen LogP contribution in [-0.4, -0.2) is 36.4 Å². The highest BCUT2D eigenvalue weighted by Gasteiger charge is 2.47. The number of aliphatic carboxylic acids is 1. The first kappa shape index (κ1) is 13.4. The molecule has 2 atom stereocenters. The van der Waals surface area contributed by atoms with E-state index in [-0.39, 0.29) is 13.2 Å². The van der Waals surface area contributed by atoms with Gasteiger partial charge < -0.3 is 20.5 Å². The molecule has 3 N–H and O–H groups in total. The standard InChI is InChI=1S/C13H16N2O4/c1-13(11(16)17)8-19-7-10(13)15-12(18)14-9-5-3-2-4-6-9/h2-6,10H,7-8H2,1H3,(H,16,17)(H2,14,15,18). The fourth-order valence-corrected chi connectivity index (χ4v) is 1.93. The van der Waals surface area contributed by atoms with Gasteiger partial charge in [0.05, 0.1) is 19.3 Å². The molecule has 6 heteroatoms. The predicted molar refractivity (Wildman–Crippen MR) is 68.9 cm³/mol. The van der Waals surface area contributed by atoms with E-state index in [0.29, 0.717) is 5.69 Å². The Morgan fingerprint density at radius 3 is 2.68 bits per heavy atom. The molecule has 1 fully saturated rings. The summed E-state index contributed by atoms with van der Waals surface area (Å²) in [6.45, 7) is 1.86. The topological polar surface area (TPSA) is 87.7 Å². The maximum atomic E-state index is 11.8. The molecular weight excluding hydrogens is 248 g/mol. The van der Waals surface area contributed by atoms with Crippen LogP contribution in [0.5, 0.6) is 0 Å². The van der Waals surface area contributed by atoms with E-state index in [1.807, 2.05) is 6.07 Å². The molecule has 1 aromatic carbocycles. The lowest BCUT2D eigenvalue weighted by atomic mass is 9.85. The van der Waals surface area contributed by atoms with E-state index in [2.05, 4.69) is 10.6 Å². The van der Waals surface area contributed by atoms with Crippen molar-refractivity contribution in [3.05, 3.63) is 30.3 Å². The molecule has 0 spiro atoms. The first-order chi connectivity index (χ1) is 9.02. The highest BCUT2D eigenvalue weighted by Crippen LogP contribution is 2.28. The third-order valence-electron chi connectivity index (χ3n) is 3.28. The Labute approximate surface area is 110 Å². The molecule has 2 rings (SSSR count).